The first-order valence-electron chi connectivity index (χ1n) is 12.2. The third-order valence-electron chi connectivity index (χ3n) is 5.57. The normalized spacial score (nSPS) is 12.2. The van der Waals surface area contributed by atoms with Crippen LogP contribution in [-0.4, -0.2) is 19.7 Å². The molecule has 0 N–H and O–H groups in total. The van der Waals surface area contributed by atoms with Crippen molar-refractivity contribution in [3.8, 4) is 5.75 Å². The molecule has 0 heterocycles. The summed E-state index contributed by atoms with van der Waals surface area (Å²) >= 11 is 0. The third kappa shape index (κ3) is 10.8. The standard InChI is InChI=1S/C29H35F3O3/c1-3-4-5-6-7-8-9-10-19-35-27-16-11-13-23(21-27)20-25(17-18-28(33)34-2)24-14-12-15-26(22-24)29(30,31)32/h11-18,20-22H,3-10,19H2,1-2H3. The van der Waals surface area contributed by atoms with Crippen LogP contribution in [0.5, 0.6) is 5.75 Å². The zero-order chi connectivity index (χ0) is 25.5. The number of carbonyl (C=O) groups excluding carboxylic acids is 1. The molecule has 2 rings (SSSR count). The van der Waals surface area contributed by atoms with Gasteiger partial charge in [-0.15, -0.1) is 0 Å². The summed E-state index contributed by atoms with van der Waals surface area (Å²) in [4.78, 5) is 11.6. The highest BCUT2D eigenvalue weighted by molar-refractivity contribution is 5.92. The Morgan fingerprint density at radius 2 is 1.57 bits per heavy atom. The predicted octanol–water partition coefficient (Wildman–Crippen LogP) is 8.49. The van der Waals surface area contributed by atoms with Gasteiger partial charge >= 0.3 is 12.1 Å². The number of halogens is 3. The maximum atomic E-state index is 13.2. The molecule has 190 valence electrons. The van der Waals surface area contributed by atoms with Gasteiger partial charge in [-0.05, 0) is 59.5 Å². The molecule has 0 bridgehead atoms. The van der Waals surface area contributed by atoms with Gasteiger partial charge in [0.15, 0.2) is 0 Å². The van der Waals surface area contributed by atoms with Crippen molar-refractivity contribution in [2.75, 3.05) is 13.7 Å². The van der Waals surface area contributed by atoms with Gasteiger partial charge in [-0.2, -0.15) is 13.2 Å². The number of rotatable bonds is 14. The fraction of sp³-hybridized carbons (Fsp3) is 0.414. The van der Waals surface area contributed by atoms with Crippen molar-refractivity contribution in [1.29, 1.82) is 0 Å². The molecule has 0 unspecified atom stereocenters. The number of esters is 1. The molecule has 0 saturated heterocycles. The molecule has 0 atom stereocenters. The van der Waals surface area contributed by atoms with E-state index in [4.69, 9.17) is 4.74 Å². The quantitative estimate of drug-likeness (QED) is 0.0879. The Bertz CT molecular complexity index is 977. The van der Waals surface area contributed by atoms with E-state index in [2.05, 4.69) is 11.7 Å². The number of hydrogen-bond acceptors (Lipinski definition) is 3. The molecule has 0 aliphatic rings. The monoisotopic (exact) mass is 488 g/mol. The minimum Gasteiger partial charge on any atom is -0.494 e. The van der Waals surface area contributed by atoms with Crippen molar-refractivity contribution in [3.63, 3.8) is 0 Å². The fourth-order valence-corrected chi connectivity index (χ4v) is 3.63. The fourth-order valence-electron chi connectivity index (χ4n) is 3.63. The van der Waals surface area contributed by atoms with Crippen molar-refractivity contribution in [3.05, 3.63) is 77.4 Å². The number of methoxy groups -OCH3 is 1. The number of allylic oxidation sites excluding steroid dienone is 2. The third-order valence-corrected chi connectivity index (χ3v) is 5.57. The molecule has 2 aromatic rings. The van der Waals surface area contributed by atoms with Gasteiger partial charge in [-0.1, -0.05) is 76.1 Å². The van der Waals surface area contributed by atoms with Gasteiger partial charge in [-0.3, -0.25) is 0 Å². The maximum absolute atomic E-state index is 13.2. The lowest BCUT2D eigenvalue weighted by molar-refractivity contribution is -0.137. The SMILES string of the molecule is CCCCCCCCCCOc1cccc(C=C(C=CC(=O)OC)c2cccc(C(F)(F)F)c2)c1. The molecule has 0 fully saturated rings. The number of benzene rings is 2. The zero-order valence-corrected chi connectivity index (χ0v) is 20.6. The summed E-state index contributed by atoms with van der Waals surface area (Å²) in [7, 11) is 1.24. The van der Waals surface area contributed by atoms with E-state index in [1.165, 1.54) is 63.9 Å². The minimum absolute atomic E-state index is 0.338. The number of unbranched alkanes of at least 4 members (excludes halogenated alkanes) is 7. The highest BCUT2D eigenvalue weighted by Crippen LogP contribution is 2.32. The summed E-state index contributed by atoms with van der Waals surface area (Å²) in [6.45, 7) is 2.83. The molecule has 0 amide bonds. The van der Waals surface area contributed by atoms with E-state index >= 15 is 0 Å². The second kappa shape index (κ2) is 15.1. The van der Waals surface area contributed by atoms with Crippen molar-refractivity contribution >= 4 is 17.6 Å². The van der Waals surface area contributed by atoms with Crippen LogP contribution in [0.3, 0.4) is 0 Å². The Morgan fingerprint density at radius 3 is 2.26 bits per heavy atom. The summed E-state index contributed by atoms with van der Waals surface area (Å²) in [5, 5.41) is 0. The number of carbonyl (C=O) groups is 1. The molecular formula is C29H35F3O3. The second-order valence-corrected chi connectivity index (χ2v) is 8.43. The van der Waals surface area contributed by atoms with Crippen LogP contribution in [0.1, 0.15) is 75.0 Å². The predicted molar refractivity (Wildman–Crippen MR) is 135 cm³/mol. The molecule has 0 saturated carbocycles. The molecule has 3 nitrogen and oxygen atoms in total. The van der Waals surface area contributed by atoms with Gasteiger partial charge in [0.2, 0.25) is 0 Å². The van der Waals surface area contributed by atoms with Gasteiger partial charge in [-0.25, -0.2) is 4.79 Å². The van der Waals surface area contributed by atoms with Crippen molar-refractivity contribution in [2.24, 2.45) is 0 Å². The van der Waals surface area contributed by atoms with Crippen LogP contribution in [0.2, 0.25) is 0 Å². The molecule has 0 spiro atoms. The van der Waals surface area contributed by atoms with E-state index in [1.807, 2.05) is 24.3 Å². The summed E-state index contributed by atoms with van der Waals surface area (Å²) in [6.07, 6.45) is 9.65. The Kier molecular flexibility index (Phi) is 12.2. The topological polar surface area (TPSA) is 35.5 Å². The molecule has 6 heteroatoms. The minimum atomic E-state index is -4.46. The summed E-state index contributed by atoms with van der Waals surface area (Å²) in [5.41, 5.74) is 0.780. The van der Waals surface area contributed by atoms with Gasteiger partial charge in [0.05, 0.1) is 19.3 Å². The second-order valence-electron chi connectivity index (χ2n) is 8.43. The van der Waals surface area contributed by atoms with Crippen LogP contribution in [0.25, 0.3) is 11.6 Å². The van der Waals surface area contributed by atoms with E-state index in [9.17, 15) is 18.0 Å². The number of ether oxygens (including phenoxy) is 2. The number of alkyl halides is 3. The highest BCUT2D eigenvalue weighted by Gasteiger charge is 2.30. The van der Waals surface area contributed by atoms with E-state index in [-0.39, 0.29) is 0 Å². The van der Waals surface area contributed by atoms with Crippen LogP contribution in [0.15, 0.2) is 60.7 Å². The van der Waals surface area contributed by atoms with Crippen LogP contribution >= 0.6 is 0 Å². The first-order chi connectivity index (χ1) is 16.8. The molecule has 0 aliphatic carbocycles. The number of hydrogen-bond donors (Lipinski definition) is 0. The average molecular weight is 489 g/mol. The van der Waals surface area contributed by atoms with Gasteiger partial charge in [0.25, 0.3) is 0 Å². The van der Waals surface area contributed by atoms with Crippen molar-refractivity contribution < 1.29 is 27.4 Å². The first-order valence-corrected chi connectivity index (χ1v) is 12.2. The first kappa shape index (κ1) is 28.2. The smallest absolute Gasteiger partial charge is 0.416 e. The van der Waals surface area contributed by atoms with E-state index in [1.54, 1.807) is 12.1 Å². The van der Waals surface area contributed by atoms with Crippen LogP contribution < -0.4 is 4.74 Å². The molecule has 35 heavy (non-hydrogen) atoms. The van der Waals surface area contributed by atoms with Crippen LogP contribution in [-0.2, 0) is 15.7 Å². The van der Waals surface area contributed by atoms with Gasteiger partial charge in [0.1, 0.15) is 5.75 Å². The summed E-state index contributed by atoms with van der Waals surface area (Å²) < 4.78 is 50.2. The highest BCUT2D eigenvalue weighted by atomic mass is 19.4. The molecular weight excluding hydrogens is 453 g/mol. The molecule has 0 aliphatic heterocycles. The van der Waals surface area contributed by atoms with Gasteiger partial charge in [0, 0.05) is 6.08 Å². The Hall–Kier alpha value is -3.02. The maximum Gasteiger partial charge on any atom is 0.416 e. The average Bonchev–Trinajstić information content (AvgIpc) is 2.85. The van der Waals surface area contributed by atoms with Crippen molar-refractivity contribution in [2.45, 2.75) is 64.5 Å². The lowest BCUT2D eigenvalue weighted by atomic mass is 10.00. The van der Waals surface area contributed by atoms with Crippen LogP contribution in [0.4, 0.5) is 13.2 Å². The largest absolute Gasteiger partial charge is 0.494 e. The summed E-state index contributed by atoms with van der Waals surface area (Å²) in [5.74, 6) is 0.104. The van der Waals surface area contributed by atoms with E-state index < -0.39 is 17.7 Å². The zero-order valence-electron chi connectivity index (χ0n) is 20.6. The summed E-state index contributed by atoms with van der Waals surface area (Å²) in [6, 6.07) is 12.4. The molecule has 0 radical (unpaired) electrons. The van der Waals surface area contributed by atoms with E-state index in [0.29, 0.717) is 23.5 Å². The Labute approximate surface area is 206 Å². The van der Waals surface area contributed by atoms with Crippen molar-refractivity contribution in [1.82, 2.24) is 0 Å². The lowest BCUT2D eigenvalue weighted by Gasteiger charge is -2.10. The Balaban J connectivity index is 2.08. The van der Waals surface area contributed by atoms with E-state index in [0.717, 1.165) is 30.5 Å². The Morgan fingerprint density at radius 1 is 0.886 bits per heavy atom. The van der Waals surface area contributed by atoms with Crippen LogP contribution in [0, 0.1) is 0 Å². The molecule has 2 aromatic carbocycles. The van der Waals surface area contributed by atoms with Gasteiger partial charge < -0.3 is 9.47 Å². The lowest BCUT2D eigenvalue weighted by Crippen LogP contribution is -2.05. The molecule has 0 aromatic heterocycles.